The van der Waals surface area contributed by atoms with Gasteiger partial charge in [0, 0.05) is 45.4 Å². The van der Waals surface area contributed by atoms with Crippen LogP contribution in [-0.4, -0.2) is 67.2 Å². The van der Waals surface area contributed by atoms with E-state index in [4.69, 9.17) is 4.74 Å². The fourth-order valence-corrected chi connectivity index (χ4v) is 3.64. The predicted octanol–water partition coefficient (Wildman–Crippen LogP) is 1.49. The first-order valence-corrected chi connectivity index (χ1v) is 9.10. The third kappa shape index (κ3) is 4.79. The second-order valence-electron chi connectivity index (χ2n) is 6.92. The van der Waals surface area contributed by atoms with E-state index < -0.39 is 0 Å². The summed E-state index contributed by atoms with van der Waals surface area (Å²) in [5.74, 6) is 0.208. The molecule has 0 aromatic heterocycles. The highest BCUT2D eigenvalue weighted by Gasteiger charge is 2.27. The van der Waals surface area contributed by atoms with Crippen molar-refractivity contribution < 1.29 is 9.53 Å². The van der Waals surface area contributed by atoms with Crippen molar-refractivity contribution >= 4 is 5.91 Å². The van der Waals surface area contributed by atoms with Crippen LogP contribution in [-0.2, 0) is 16.1 Å². The summed E-state index contributed by atoms with van der Waals surface area (Å²) in [6, 6.07) is 10.8. The number of carbonyl (C=O) groups is 1. The fraction of sp³-hybridized carbons (Fsp3) is 0.632. The largest absolute Gasteiger partial charge is 0.377 e. The number of nitrogens with zero attached hydrogens (tertiary/aromatic N) is 2. The molecule has 2 unspecified atom stereocenters. The van der Waals surface area contributed by atoms with Crippen molar-refractivity contribution in [3.05, 3.63) is 35.9 Å². The van der Waals surface area contributed by atoms with E-state index in [1.165, 1.54) is 5.56 Å². The first kappa shape index (κ1) is 17.4. The van der Waals surface area contributed by atoms with Crippen LogP contribution in [0.15, 0.2) is 30.3 Å². The highest BCUT2D eigenvalue weighted by molar-refractivity contribution is 5.78. The molecule has 2 atom stereocenters. The van der Waals surface area contributed by atoms with Gasteiger partial charge in [-0.2, -0.15) is 0 Å². The Morgan fingerprint density at radius 1 is 1.29 bits per heavy atom. The number of ether oxygens (including phenoxy) is 1. The van der Waals surface area contributed by atoms with Gasteiger partial charge in [0.05, 0.1) is 12.6 Å². The molecule has 0 spiro atoms. The van der Waals surface area contributed by atoms with E-state index in [9.17, 15) is 4.79 Å². The van der Waals surface area contributed by atoms with Crippen molar-refractivity contribution in [3.8, 4) is 0 Å². The smallest absolute Gasteiger partial charge is 0.236 e. The average molecular weight is 331 g/mol. The minimum absolute atomic E-state index is 0.208. The van der Waals surface area contributed by atoms with E-state index in [1.54, 1.807) is 0 Å². The quantitative estimate of drug-likeness (QED) is 0.858. The van der Waals surface area contributed by atoms with Crippen LogP contribution in [0.25, 0.3) is 0 Å². The molecule has 2 aliphatic rings. The molecule has 1 amide bonds. The maximum Gasteiger partial charge on any atom is 0.236 e. The molecule has 2 heterocycles. The Hall–Kier alpha value is -1.43. The predicted molar refractivity (Wildman–Crippen MR) is 94.7 cm³/mol. The second-order valence-corrected chi connectivity index (χ2v) is 6.92. The average Bonchev–Trinajstić information content (AvgIpc) is 3.09. The minimum atomic E-state index is 0.208. The van der Waals surface area contributed by atoms with E-state index in [-0.39, 0.29) is 18.1 Å². The first-order valence-electron chi connectivity index (χ1n) is 9.10. The number of hydrogen-bond acceptors (Lipinski definition) is 4. The standard InChI is InChI=1S/C19H29N3O2/c1-16-14-21(15-17-6-3-2-4-7-17)9-10-22(16)19(23)13-20-12-18-8-5-11-24-18/h2-4,6-7,16,18,20H,5,8-15H2,1H3. The summed E-state index contributed by atoms with van der Waals surface area (Å²) in [7, 11) is 0. The molecule has 0 bridgehead atoms. The van der Waals surface area contributed by atoms with Crippen LogP contribution in [0.5, 0.6) is 0 Å². The molecule has 0 radical (unpaired) electrons. The van der Waals surface area contributed by atoms with Crippen LogP contribution in [0.4, 0.5) is 0 Å². The molecular weight excluding hydrogens is 302 g/mol. The van der Waals surface area contributed by atoms with Gasteiger partial charge in [0.25, 0.3) is 0 Å². The molecule has 1 aromatic carbocycles. The summed E-state index contributed by atoms with van der Waals surface area (Å²) in [6.45, 7) is 7.87. The molecule has 132 valence electrons. The molecule has 3 rings (SSSR count). The molecule has 5 nitrogen and oxygen atoms in total. The van der Waals surface area contributed by atoms with Crippen molar-refractivity contribution in [1.29, 1.82) is 0 Å². The van der Waals surface area contributed by atoms with Crippen LogP contribution in [0, 0.1) is 0 Å². The second kappa shape index (κ2) is 8.60. The van der Waals surface area contributed by atoms with Crippen LogP contribution in [0.1, 0.15) is 25.3 Å². The molecule has 1 N–H and O–H groups in total. The maximum absolute atomic E-state index is 12.5. The van der Waals surface area contributed by atoms with Crippen molar-refractivity contribution in [1.82, 2.24) is 15.1 Å². The van der Waals surface area contributed by atoms with Crippen LogP contribution in [0.3, 0.4) is 0 Å². The Morgan fingerprint density at radius 2 is 2.12 bits per heavy atom. The molecule has 2 fully saturated rings. The van der Waals surface area contributed by atoms with Crippen molar-refractivity contribution in [2.75, 3.05) is 39.3 Å². The van der Waals surface area contributed by atoms with Gasteiger partial charge in [0.2, 0.25) is 5.91 Å². The summed E-state index contributed by atoms with van der Waals surface area (Å²) >= 11 is 0. The fourth-order valence-electron chi connectivity index (χ4n) is 3.64. The van der Waals surface area contributed by atoms with E-state index in [0.29, 0.717) is 6.54 Å². The Labute approximate surface area is 145 Å². The van der Waals surface area contributed by atoms with Gasteiger partial charge < -0.3 is 15.0 Å². The van der Waals surface area contributed by atoms with Crippen molar-refractivity contribution in [3.63, 3.8) is 0 Å². The van der Waals surface area contributed by atoms with Gasteiger partial charge in [-0.05, 0) is 25.3 Å². The van der Waals surface area contributed by atoms with E-state index >= 15 is 0 Å². The molecule has 2 saturated heterocycles. The lowest BCUT2D eigenvalue weighted by atomic mass is 10.1. The number of benzene rings is 1. The summed E-state index contributed by atoms with van der Waals surface area (Å²) in [5, 5.41) is 3.27. The highest BCUT2D eigenvalue weighted by atomic mass is 16.5. The summed E-state index contributed by atoms with van der Waals surface area (Å²) < 4.78 is 5.58. The normalized spacial score (nSPS) is 25.1. The SMILES string of the molecule is CC1CN(Cc2ccccc2)CCN1C(=O)CNCC1CCCO1. The highest BCUT2D eigenvalue weighted by Crippen LogP contribution is 2.14. The molecule has 5 heteroatoms. The first-order chi connectivity index (χ1) is 11.7. The number of hydrogen-bond donors (Lipinski definition) is 1. The van der Waals surface area contributed by atoms with Crippen LogP contribution in [0.2, 0.25) is 0 Å². The lowest BCUT2D eigenvalue weighted by Crippen LogP contribution is -2.55. The zero-order valence-corrected chi connectivity index (χ0v) is 14.6. The van der Waals surface area contributed by atoms with Gasteiger partial charge in [-0.3, -0.25) is 9.69 Å². The molecule has 0 aliphatic carbocycles. The van der Waals surface area contributed by atoms with Gasteiger partial charge in [-0.1, -0.05) is 30.3 Å². The Bertz CT molecular complexity index is 517. The number of carbonyl (C=O) groups excluding carboxylic acids is 1. The lowest BCUT2D eigenvalue weighted by Gasteiger charge is -2.40. The van der Waals surface area contributed by atoms with Crippen LogP contribution < -0.4 is 5.32 Å². The number of piperazine rings is 1. The van der Waals surface area contributed by atoms with Gasteiger partial charge in [-0.15, -0.1) is 0 Å². The van der Waals surface area contributed by atoms with Gasteiger partial charge in [-0.25, -0.2) is 0 Å². The monoisotopic (exact) mass is 331 g/mol. The molecule has 24 heavy (non-hydrogen) atoms. The van der Waals surface area contributed by atoms with E-state index in [2.05, 4.69) is 41.4 Å². The molecule has 2 aliphatic heterocycles. The third-order valence-electron chi connectivity index (χ3n) is 4.95. The lowest BCUT2D eigenvalue weighted by molar-refractivity contribution is -0.134. The van der Waals surface area contributed by atoms with E-state index in [0.717, 1.165) is 52.2 Å². The van der Waals surface area contributed by atoms with Gasteiger partial charge in [0.1, 0.15) is 0 Å². The van der Waals surface area contributed by atoms with Crippen LogP contribution >= 0.6 is 0 Å². The van der Waals surface area contributed by atoms with Crippen molar-refractivity contribution in [2.45, 2.75) is 38.5 Å². The summed E-state index contributed by atoms with van der Waals surface area (Å²) in [5.41, 5.74) is 1.34. The van der Waals surface area contributed by atoms with E-state index in [1.807, 2.05) is 11.0 Å². The topological polar surface area (TPSA) is 44.8 Å². The number of rotatable bonds is 6. The zero-order valence-electron chi connectivity index (χ0n) is 14.6. The Kier molecular flexibility index (Phi) is 6.24. The summed E-state index contributed by atoms with van der Waals surface area (Å²) in [6.07, 6.45) is 2.54. The number of nitrogens with one attached hydrogen (secondary N) is 1. The molecule has 0 saturated carbocycles. The maximum atomic E-state index is 12.5. The molecule has 1 aromatic rings. The Morgan fingerprint density at radius 3 is 2.83 bits per heavy atom. The third-order valence-corrected chi connectivity index (χ3v) is 4.95. The van der Waals surface area contributed by atoms with Gasteiger partial charge in [0.15, 0.2) is 0 Å². The number of amides is 1. The Balaban J connectivity index is 1.40. The van der Waals surface area contributed by atoms with Crippen molar-refractivity contribution in [2.24, 2.45) is 0 Å². The minimum Gasteiger partial charge on any atom is -0.377 e. The molecular formula is C19H29N3O2. The van der Waals surface area contributed by atoms with Gasteiger partial charge >= 0.3 is 0 Å². The zero-order chi connectivity index (χ0) is 16.8. The summed E-state index contributed by atoms with van der Waals surface area (Å²) in [4.78, 5) is 16.9.